The molecule has 2 aromatic heterocycles. The number of rotatable bonds is 6. The number of aromatic nitrogens is 3. The smallest absolute Gasteiger partial charge is 0.0553 e. The lowest BCUT2D eigenvalue weighted by atomic mass is 10.0. The Hall–Kier alpha value is -1.68. The second-order valence-electron chi connectivity index (χ2n) is 4.45. The van der Waals surface area contributed by atoms with Crippen LogP contribution in [0.1, 0.15) is 30.6 Å². The Kier molecular flexibility index (Phi) is 4.47. The number of nitrogens with zero attached hydrogens (tertiary/aromatic N) is 3. The molecule has 0 fully saturated rings. The quantitative estimate of drug-likeness (QED) is 0.846. The van der Waals surface area contributed by atoms with Crippen molar-refractivity contribution in [3.63, 3.8) is 0 Å². The van der Waals surface area contributed by atoms with Crippen molar-refractivity contribution in [1.29, 1.82) is 0 Å². The second kappa shape index (κ2) is 6.31. The monoisotopic (exact) mass is 244 g/mol. The minimum absolute atomic E-state index is 0.293. The van der Waals surface area contributed by atoms with Gasteiger partial charge in [0.2, 0.25) is 0 Å². The van der Waals surface area contributed by atoms with Crippen molar-refractivity contribution in [2.24, 2.45) is 7.05 Å². The van der Waals surface area contributed by atoms with Crippen LogP contribution in [0.2, 0.25) is 0 Å². The van der Waals surface area contributed by atoms with Gasteiger partial charge in [0.15, 0.2) is 0 Å². The maximum atomic E-state index is 4.25. The van der Waals surface area contributed by atoms with Crippen molar-refractivity contribution in [1.82, 2.24) is 20.1 Å². The van der Waals surface area contributed by atoms with E-state index in [4.69, 9.17) is 0 Å². The van der Waals surface area contributed by atoms with Gasteiger partial charge < -0.3 is 5.32 Å². The number of aryl methyl sites for hydroxylation is 1. The van der Waals surface area contributed by atoms with Crippen LogP contribution in [-0.4, -0.2) is 21.3 Å². The van der Waals surface area contributed by atoms with Crippen LogP contribution < -0.4 is 5.32 Å². The molecule has 18 heavy (non-hydrogen) atoms. The van der Waals surface area contributed by atoms with E-state index in [-0.39, 0.29) is 0 Å². The van der Waals surface area contributed by atoms with Gasteiger partial charge in [0, 0.05) is 25.6 Å². The summed E-state index contributed by atoms with van der Waals surface area (Å²) in [6.07, 6.45) is 7.65. The van der Waals surface area contributed by atoms with E-state index in [1.54, 1.807) is 0 Å². The molecule has 0 aliphatic carbocycles. The molecule has 2 heterocycles. The summed E-state index contributed by atoms with van der Waals surface area (Å²) < 4.78 is 1.93. The van der Waals surface area contributed by atoms with E-state index < -0.39 is 0 Å². The van der Waals surface area contributed by atoms with E-state index in [0.717, 1.165) is 19.4 Å². The largest absolute Gasteiger partial charge is 0.308 e. The Morgan fingerprint density at radius 3 is 2.83 bits per heavy atom. The molecule has 1 unspecified atom stereocenters. The summed E-state index contributed by atoms with van der Waals surface area (Å²) in [6, 6.07) is 6.46. The Bertz CT molecular complexity index is 464. The predicted octanol–water partition coefficient (Wildman–Crippen LogP) is 2.10. The SMILES string of the molecule is CCCNC(Cc1cccnc1)c1ccnn1C. The van der Waals surface area contributed by atoms with Gasteiger partial charge in [-0.1, -0.05) is 13.0 Å². The molecule has 1 atom stereocenters. The Morgan fingerprint density at radius 1 is 1.33 bits per heavy atom. The maximum absolute atomic E-state index is 4.25. The topological polar surface area (TPSA) is 42.7 Å². The Labute approximate surface area is 108 Å². The van der Waals surface area contributed by atoms with Crippen molar-refractivity contribution < 1.29 is 0 Å². The molecule has 96 valence electrons. The van der Waals surface area contributed by atoms with E-state index in [1.807, 2.05) is 36.4 Å². The van der Waals surface area contributed by atoms with Crippen LogP contribution in [0.15, 0.2) is 36.8 Å². The first-order valence-electron chi connectivity index (χ1n) is 6.41. The summed E-state index contributed by atoms with van der Waals surface area (Å²) in [5, 5.41) is 7.82. The number of hydrogen-bond acceptors (Lipinski definition) is 3. The highest BCUT2D eigenvalue weighted by Gasteiger charge is 2.14. The lowest BCUT2D eigenvalue weighted by Crippen LogP contribution is -2.26. The molecule has 0 saturated heterocycles. The van der Waals surface area contributed by atoms with Crippen LogP contribution in [-0.2, 0) is 13.5 Å². The lowest BCUT2D eigenvalue weighted by molar-refractivity contribution is 0.493. The molecule has 4 nitrogen and oxygen atoms in total. The molecule has 0 bridgehead atoms. The van der Waals surface area contributed by atoms with Crippen LogP contribution in [0.25, 0.3) is 0 Å². The highest BCUT2D eigenvalue weighted by Crippen LogP contribution is 2.17. The first kappa shape index (κ1) is 12.8. The highest BCUT2D eigenvalue weighted by atomic mass is 15.3. The number of pyridine rings is 1. The molecular formula is C14H20N4. The molecule has 1 N–H and O–H groups in total. The predicted molar refractivity (Wildman–Crippen MR) is 72.2 cm³/mol. The minimum atomic E-state index is 0.293. The van der Waals surface area contributed by atoms with Gasteiger partial charge in [0.05, 0.1) is 11.7 Å². The molecular weight excluding hydrogens is 224 g/mol. The van der Waals surface area contributed by atoms with Gasteiger partial charge in [-0.2, -0.15) is 5.10 Å². The number of hydrogen-bond donors (Lipinski definition) is 1. The summed E-state index contributed by atoms with van der Waals surface area (Å²) >= 11 is 0. The van der Waals surface area contributed by atoms with E-state index in [1.165, 1.54) is 11.3 Å². The Balaban J connectivity index is 2.13. The molecule has 0 radical (unpaired) electrons. The maximum Gasteiger partial charge on any atom is 0.0553 e. The molecule has 0 amide bonds. The molecule has 2 aromatic rings. The summed E-state index contributed by atoms with van der Waals surface area (Å²) in [5.74, 6) is 0. The highest BCUT2D eigenvalue weighted by molar-refractivity contribution is 5.15. The number of nitrogens with one attached hydrogen (secondary N) is 1. The van der Waals surface area contributed by atoms with Gasteiger partial charge in [-0.3, -0.25) is 9.67 Å². The van der Waals surface area contributed by atoms with E-state index >= 15 is 0 Å². The average Bonchev–Trinajstić information content (AvgIpc) is 2.82. The lowest BCUT2D eigenvalue weighted by Gasteiger charge is -2.18. The van der Waals surface area contributed by atoms with Gasteiger partial charge in [-0.05, 0) is 37.1 Å². The summed E-state index contributed by atoms with van der Waals surface area (Å²) in [7, 11) is 1.99. The molecule has 0 aliphatic rings. The molecule has 0 aliphatic heterocycles. The van der Waals surface area contributed by atoms with E-state index in [2.05, 4.69) is 34.5 Å². The molecule has 2 rings (SSSR count). The minimum Gasteiger partial charge on any atom is -0.308 e. The van der Waals surface area contributed by atoms with Crippen molar-refractivity contribution in [2.45, 2.75) is 25.8 Å². The van der Waals surface area contributed by atoms with Crippen molar-refractivity contribution in [3.05, 3.63) is 48.0 Å². The third-order valence-electron chi connectivity index (χ3n) is 3.02. The van der Waals surface area contributed by atoms with Crippen molar-refractivity contribution >= 4 is 0 Å². The van der Waals surface area contributed by atoms with Crippen LogP contribution in [0.5, 0.6) is 0 Å². The van der Waals surface area contributed by atoms with Gasteiger partial charge in [-0.15, -0.1) is 0 Å². The van der Waals surface area contributed by atoms with Crippen LogP contribution in [0, 0.1) is 0 Å². The zero-order chi connectivity index (χ0) is 12.8. The first-order valence-corrected chi connectivity index (χ1v) is 6.41. The van der Waals surface area contributed by atoms with Gasteiger partial charge >= 0.3 is 0 Å². The van der Waals surface area contributed by atoms with E-state index in [0.29, 0.717) is 6.04 Å². The van der Waals surface area contributed by atoms with Crippen LogP contribution >= 0.6 is 0 Å². The summed E-state index contributed by atoms with van der Waals surface area (Å²) in [5.41, 5.74) is 2.46. The fourth-order valence-electron chi connectivity index (χ4n) is 2.08. The molecule has 0 saturated carbocycles. The van der Waals surface area contributed by atoms with E-state index in [9.17, 15) is 0 Å². The van der Waals surface area contributed by atoms with Gasteiger partial charge in [-0.25, -0.2) is 0 Å². The summed E-state index contributed by atoms with van der Waals surface area (Å²) in [6.45, 7) is 3.19. The third-order valence-corrected chi connectivity index (χ3v) is 3.02. The fraction of sp³-hybridized carbons (Fsp3) is 0.429. The molecule has 0 aromatic carbocycles. The third kappa shape index (κ3) is 3.17. The standard InChI is InChI=1S/C14H20N4/c1-3-7-16-13(14-6-9-17-18(14)2)10-12-5-4-8-15-11-12/h4-6,8-9,11,13,16H,3,7,10H2,1-2H3. The average molecular weight is 244 g/mol. The summed E-state index contributed by atoms with van der Waals surface area (Å²) in [4.78, 5) is 4.17. The van der Waals surface area contributed by atoms with Gasteiger partial charge in [0.1, 0.15) is 0 Å². The molecule has 0 spiro atoms. The zero-order valence-electron chi connectivity index (χ0n) is 11.0. The van der Waals surface area contributed by atoms with Crippen molar-refractivity contribution in [2.75, 3.05) is 6.54 Å². The van der Waals surface area contributed by atoms with Crippen molar-refractivity contribution in [3.8, 4) is 0 Å². The van der Waals surface area contributed by atoms with Crippen LogP contribution in [0.4, 0.5) is 0 Å². The second-order valence-corrected chi connectivity index (χ2v) is 4.45. The first-order chi connectivity index (χ1) is 8.81. The molecule has 4 heteroatoms. The normalized spacial score (nSPS) is 12.6. The zero-order valence-corrected chi connectivity index (χ0v) is 11.0. The Morgan fingerprint density at radius 2 is 2.22 bits per heavy atom. The fourth-order valence-corrected chi connectivity index (χ4v) is 2.08. The van der Waals surface area contributed by atoms with Crippen LogP contribution in [0.3, 0.4) is 0 Å². The van der Waals surface area contributed by atoms with Gasteiger partial charge in [0.25, 0.3) is 0 Å².